The number of aromatic nitrogens is 1. The highest BCUT2D eigenvalue weighted by Gasteiger charge is 2.31. The van der Waals surface area contributed by atoms with Crippen molar-refractivity contribution in [2.45, 2.75) is 25.8 Å². The molecule has 1 atom stereocenters. The molecule has 2 heterocycles. The SMILES string of the molecule is CC(=O)N1CCc2ccccc2C1CC(=O)Oc1cccnc1Br. The van der Waals surface area contributed by atoms with Gasteiger partial charge in [-0.3, -0.25) is 9.59 Å². The summed E-state index contributed by atoms with van der Waals surface area (Å²) < 4.78 is 5.88. The van der Waals surface area contributed by atoms with E-state index in [4.69, 9.17) is 4.74 Å². The fourth-order valence-electron chi connectivity index (χ4n) is 3.02. The lowest BCUT2D eigenvalue weighted by atomic mass is 9.90. The van der Waals surface area contributed by atoms with Crippen LogP contribution in [-0.2, 0) is 16.0 Å². The fraction of sp³-hybridized carbons (Fsp3) is 0.278. The second kappa shape index (κ2) is 7.13. The Morgan fingerprint density at radius 3 is 2.83 bits per heavy atom. The fourth-order valence-corrected chi connectivity index (χ4v) is 3.35. The molecule has 3 rings (SSSR count). The van der Waals surface area contributed by atoms with E-state index >= 15 is 0 Å². The summed E-state index contributed by atoms with van der Waals surface area (Å²) in [5.74, 6) is -0.0533. The molecule has 6 heteroatoms. The third-order valence-electron chi connectivity index (χ3n) is 4.13. The van der Waals surface area contributed by atoms with Crippen LogP contribution in [0.3, 0.4) is 0 Å². The van der Waals surface area contributed by atoms with Crippen molar-refractivity contribution in [3.05, 3.63) is 58.3 Å². The third kappa shape index (κ3) is 3.48. The molecule has 124 valence electrons. The molecule has 2 aromatic rings. The van der Waals surface area contributed by atoms with Crippen molar-refractivity contribution < 1.29 is 14.3 Å². The molecule has 0 aliphatic carbocycles. The lowest BCUT2D eigenvalue weighted by molar-refractivity contribution is -0.138. The zero-order chi connectivity index (χ0) is 17.1. The third-order valence-corrected chi connectivity index (χ3v) is 4.72. The number of nitrogens with zero attached hydrogens (tertiary/aromatic N) is 2. The lowest BCUT2D eigenvalue weighted by Crippen LogP contribution is -2.40. The standard InChI is InChI=1S/C18H17BrN2O3/c1-12(22)21-10-8-13-5-2-3-6-14(13)15(21)11-17(23)24-16-7-4-9-20-18(16)19/h2-7,9,15H,8,10-11H2,1H3. The number of ether oxygens (including phenoxy) is 1. The van der Waals surface area contributed by atoms with Gasteiger partial charge in [0.05, 0.1) is 12.5 Å². The largest absolute Gasteiger partial charge is 0.424 e. The van der Waals surface area contributed by atoms with Crippen molar-refractivity contribution in [2.75, 3.05) is 6.54 Å². The van der Waals surface area contributed by atoms with Crippen LogP contribution >= 0.6 is 15.9 Å². The van der Waals surface area contributed by atoms with E-state index in [1.165, 1.54) is 12.5 Å². The number of amides is 1. The maximum Gasteiger partial charge on any atom is 0.313 e. The van der Waals surface area contributed by atoms with Gasteiger partial charge in [0, 0.05) is 19.7 Å². The van der Waals surface area contributed by atoms with E-state index in [1.807, 2.05) is 24.3 Å². The molecular weight excluding hydrogens is 372 g/mol. The first-order chi connectivity index (χ1) is 11.6. The molecule has 0 N–H and O–H groups in total. The summed E-state index contributed by atoms with van der Waals surface area (Å²) in [5.41, 5.74) is 2.19. The molecule has 0 fully saturated rings. The van der Waals surface area contributed by atoms with Crippen LogP contribution in [0.15, 0.2) is 47.2 Å². The zero-order valence-corrected chi connectivity index (χ0v) is 14.8. The van der Waals surface area contributed by atoms with Crippen LogP contribution in [0, 0.1) is 0 Å². The minimum Gasteiger partial charge on any atom is -0.424 e. The topological polar surface area (TPSA) is 59.5 Å². The molecule has 0 spiro atoms. The molecule has 1 unspecified atom stereocenters. The van der Waals surface area contributed by atoms with Gasteiger partial charge in [-0.1, -0.05) is 24.3 Å². The second-order valence-corrected chi connectivity index (χ2v) is 6.40. The van der Waals surface area contributed by atoms with E-state index < -0.39 is 5.97 Å². The highest BCUT2D eigenvalue weighted by atomic mass is 79.9. The monoisotopic (exact) mass is 388 g/mol. The van der Waals surface area contributed by atoms with Crippen LogP contribution in [0.2, 0.25) is 0 Å². The van der Waals surface area contributed by atoms with Gasteiger partial charge in [0.2, 0.25) is 5.91 Å². The number of pyridine rings is 1. The van der Waals surface area contributed by atoms with Gasteiger partial charge >= 0.3 is 5.97 Å². The van der Waals surface area contributed by atoms with Gasteiger partial charge < -0.3 is 9.64 Å². The quantitative estimate of drug-likeness (QED) is 0.597. The first-order valence-corrected chi connectivity index (χ1v) is 8.52. The van der Waals surface area contributed by atoms with Crippen molar-refractivity contribution in [3.63, 3.8) is 0 Å². The molecule has 0 saturated carbocycles. The molecule has 1 aromatic carbocycles. The van der Waals surface area contributed by atoms with Gasteiger partial charge in [-0.05, 0) is 45.6 Å². The van der Waals surface area contributed by atoms with Gasteiger partial charge in [0.15, 0.2) is 5.75 Å². The number of fused-ring (bicyclic) bond motifs is 1. The minimum absolute atomic E-state index is 0.0372. The van der Waals surface area contributed by atoms with Gasteiger partial charge in [0.25, 0.3) is 0 Å². The van der Waals surface area contributed by atoms with Gasteiger partial charge in [-0.2, -0.15) is 0 Å². The van der Waals surface area contributed by atoms with E-state index in [0.717, 1.165) is 12.0 Å². The second-order valence-electron chi connectivity index (χ2n) is 5.65. The summed E-state index contributed by atoms with van der Waals surface area (Å²) in [6.07, 6.45) is 2.52. The number of rotatable bonds is 3. The Balaban J connectivity index is 1.82. The van der Waals surface area contributed by atoms with Crippen LogP contribution in [0.1, 0.15) is 30.5 Å². The number of esters is 1. The van der Waals surface area contributed by atoms with Crippen LogP contribution < -0.4 is 4.74 Å². The summed E-state index contributed by atoms with van der Waals surface area (Å²) in [4.78, 5) is 30.1. The average Bonchev–Trinajstić information content (AvgIpc) is 2.57. The maximum atomic E-state index is 12.4. The Labute approximate surface area is 148 Å². The maximum absolute atomic E-state index is 12.4. The highest BCUT2D eigenvalue weighted by molar-refractivity contribution is 9.10. The summed E-state index contributed by atoms with van der Waals surface area (Å²) in [7, 11) is 0. The van der Waals surface area contributed by atoms with E-state index in [-0.39, 0.29) is 18.4 Å². The van der Waals surface area contributed by atoms with E-state index in [0.29, 0.717) is 16.9 Å². The molecule has 1 aliphatic rings. The predicted octanol–water partition coefficient (Wildman–Crippen LogP) is 3.29. The summed E-state index contributed by atoms with van der Waals surface area (Å²) >= 11 is 3.26. The van der Waals surface area contributed by atoms with Crippen LogP contribution in [0.5, 0.6) is 5.75 Å². The van der Waals surface area contributed by atoms with E-state index in [9.17, 15) is 9.59 Å². The minimum atomic E-state index is -0.392. The lowest BCUT2D eigenvalue weighted by Gasteiger charge is -2.36. The highest BCUT2D eigenvalue weighted by Crippen LogP contribution is 2.33. The smallest absolute Gasteiger partial charge is 0.313 e. The number of hydrogen-bond acceptors (Lipinski definition) is 4. The number of carbonyl (C=O) groups is 2. The Hall–Kier alpha value is -2.21. The number of benzene rings is 1. The summed E-state index contributed by atoms with van der Waals surface area (Å²) in [5, 5.41) is 0. The molecular formula is C18H17BrN2O3. The Kier molecular flexibility index (Phi) is 4.94. The number of carbonyl (C=O) groups excluding carboxylic acids is 2. The van der Waals surface area contributed by atoms with Crippen molar-refractivity contribution in [1.29, 1.82) is 0 Å². The van der Waals surface area contributed by atoms with Gasteiger partial charge in [-0.15, -0.1) is 0 Å². The Morgan fingerprint density at radius 2 is 2.08 bits per heavy atom. The average molecular weight is 389 g/mol. The Bertz CT molecular complexity index is 778. The molecule has 0 bridgehead atoms. The van der Waals surface area contributed by atoms with Crippen LogP contribution in [0.4, 0.5) is 0 Å². The molecule has 0 saturated heterocycles. The van der Waals surface area contributed by atoms with Crippen molar-refractivity contribution in [3.8, 4) is 5.75 Å². The number of halogens is 1. The first-order valence-electron chi connectivity index (χ1n) is 7.72. The predicted molar refractivity (Wildman–Crippen MR) is 92.5 cm³/mol. The van der Waals surface area contributed by atoms with Crippen LogP contribution in [0.25, 0.3) is 0 Å². The van der Waals surface area contributed by atoms with Crippen molar-refractivity contribution in [1.82, 2.24) is 9.88 Å². The molecule has 1 amide bonds. The van der Waals surface area contributed by atoms with Crippen LogP contribution in [-0.4, -0.2) is 28.3 Å². The molecule has 24 heavy (non-hydrogen) atoms. The molecule has 1 aliphatic heterocycles. The van der Waals surface area contributed by atoms with E-state index in [2.05, 4.69) is 20.9 Å². The molecule has 1 aromatic heterocycles. The normalized spacial score (nSPS) is 16.4. The van der Waals surface area contributed by atoms with E-state index in [1.54, 1.807) is 23.2 Å². The number of hydrogen-bond donors (Lipinski definition) is 0. The van der Waals surface area contributed by atoms with Gasteiger partial charge in [-0.25, -0.2) is 4.98 Å². The molecule has 0 radical (unpaired) electrons. The van der Waals surface area contributed by atoms with Gasteiger partial charge in [0.1, 0.15) is 4.60 Å². The van der Waals surface area contributed by atoms with Crippen molar-refractivity contribution >= 4 is 27.8 Å². The molecule has 5 nitrogen and oxygen atoms in total. The Morgan fingerprint density at radius 1 is 1.29 bits per heavy atom. The summed E-state index contributed by atoms with van der Waals surface area (Å²) in [6, 6.07) is 11.0. The summed E-state index contributed by atoms with van der Waals surface area (Å²) in [6.45, 7) is 2.14. The first kappa shape index (κ1) is 16.6. The zero-order valence-electron chi connectivity index (χ0n) is 13.2. The van der Waals surface area contributed by atoms with Crippen molar-refractivity contribution in [2.24, 2.45) is 0 Å².